The molecule has 5 aromatic heterocycles. The Morgan fingerprint density at radius 2 is 1.03 bits per heavy atom. The average Bonchev–Trinajstić information content (AvgIpc) is 1.62. The van der Waals surface area contributed by atoms with E-state index < -0.39 is 23.6 Å². The zero-order valence-electron chi connectivity index (χ0n) is 73.1. The molecule has 1 unspecified atom stereocenters. The van der Waals surface area contributed by atoms with Gasteiger partial charge in [-0.25, -0.2) is 9.59 Å². The van der Waals surface area contributed by atoms with Crippen LogP contribution in [0.5, 0.6) is 23.0 Å². The van der Waals surface area contributed by atoms with Gasteiger partial charge in [-0.15, -0.1) is 11.6 Å². The second-order valence-corrected chi connectivity index (χ2v) is 33.3. The fraction of sp³-hybridized carbons (Fsp3) is 0.534. The van der Waals surface area contributed by atoms with Gasteiger partial charge in [0.1, 0.15) is 46.9 Å². The van der Waals surface area contributed by atoms with Crippen LogP contribution in [0.15, 0.2) is 120 Å². The van der Waals surface area contributed by atoms with Gasteiger partial charge in [0.2, 0.25) is 0 Å². The van der Waals surface area contributed by atoms with Crippen molar-refractivity contribution < 1.29 is 77.4 Å². The summed E-state index contributed by atoms with van der Waals surface area (Å²) in [7, 11) is 3.86. The van der Waals surface area contributed by atoms with Gasteiger partial charge in [-0.05, 0) is 247 Å². The van der Waals surface area contributed by atoms with Crippen molar-refractivity contribution in [3.8, 4) is 23.0 Å². The Kier molecular flexibility index (Phi) is 37.1. The lowest BCUT2D eigenvalue weighted by atomic mass is 9.84. The molecule has 7 aromatic rings. The minimum Gasteiger partial charge on any atom is -0.507 e. The van der Waals surface area contributed by atoms with Crippen LogP contribution in [0.4, 0.5) is 4.79 Å². The van der Waals surface area contributed by atoms with Crippen LogP contribution in [0.2, 0.25) is 0 Å². The van der Waals surface area contributed by atoms with Crippen molar-refractivity contribution in [1.82, 2.24) is 68.9 Å². The van der Waals surface area contributed by atoms with Crippen LogP contribution >= 0.6 is 11.6 Å². The van der Waals surface area contributed by atoms with Gasteiger partial charge in [-0.1, -0.05) is 19.6 Å². The molecule has 120 heavy (non-hydrogen) atoms. The molecule has 1 amide bonds. The summed E-state index contributed by atoms with van der Waals surface area (Å²) in [6.07, 6.45) is 11.6. The Morgan fingerprint density at radius 1 is 0.592 bits per heavy atom. The van der Waals surface area contributed by atoms with E-state index in [2.05, 4.69) is 149 Å². The first-order valence-corrected chi connectivity index (χ1v) is 41.1. The summed E-state index contributed by atoms with van der Waals surface area (Å²) in [5.74, 6) is -0.599. The van der Waals surface area contributed by atoms with Crippen LogP contribution < -0.4 is 15.6 Å². The van der Waals surface area contributed by atoms with Crippen LogP contribution in [-0.4, -0.2) is 243 Å². The quantitative estimate of drug-likeness (QED) is 0.0111. The maximum Gasteiger partial charge on any atom is 0.514 e. The smallest absolute Gasteiger partial charge is 0.507 e. The van der Waals surface area contributed by atoms with Gasteiger partial charge in [0, 0.05) is 118 Å². The Balaban J connectivity index is 0.000000221. The van der Waals surface area contributed by atoms with E-state index in [1.54, 1.807) is 38.4 Å². The average molecular weight is 1680 g/mol. The molecule has 0 bridgehead atoms. The zero-order chi connectivity index (χ0) is 88.0. The fourth-order valence-electron chi connectivity index (χ4n) is 13.9. The molecule has 2 fully saturated rings. The lowest BCUT2D eigenvalue weighted by Crippen LogP contribution is -2.41. The second-order valence-electron chi connectivity index (χ2n) is 33.0. The number of nitrogens with zero attached hydrogens (tertiary/aromatic N) is 13. The molecule has 1 aliphatic carbocycles. The molecular weight excluding hydrogens is 1560 g/mol. The van der Waals surface area contributed by atoms with E-state index in [-0.39, 0.29) is 97.7 Å². The molecule has 1 saturated carbocycles. The summed E-state index contributed by atoms with van der Waals surface area (Å²) < 4.78 is 43.1. The number of aromatic nitrogens is 10. The maximum atomic E-state index is 12.4. The number of Topliss-reactive ketones (excluding diaryl/α,β-unsaturated/α-hetero) is 1. The van der Waals surface area contributed by atoms with E-state index in [4.69, 9.17) is 50.1 Å². The van der Waals surface area contributed by atoms with Gasteiger partial charge in [-0.2, -0.15) is 25.5 Å². The van der Waals surface area contributed by atoms with Crippen LogP contribution in [0.25, 0.3) is 22.3 Å². The molecule has 0 radical (unpaired) electrons. The minimum absolute atomic E-state index is 0. The van der Waals surface area contributed by atoms with Crippen molar-refractivity contribution in [3.05, 3.63) is 154 Å². The number of benzene rings is 2. The normalized spacial score (nSPS) is 16.9. The number of esters is 2. The van der Waals surface area contributed by atoms with Gasteiger partial charge in [0.15, 0.2) is 12.6 Å². The third kappa shape index (κ3) is 25.8. The topological polar surface area (TPSA) is 350 Å². The third-order valence-corrected chi connectivity index (χ3v) is 20.8. The first kappa shape index (κ1) is 98.8. The van der Waals surface area contributed by atoms with E-state index >= 15 is 0 Å². The molecule has 1 atom stereocenters. The number of aliphatic hydroxyl groups is 1. The number of likely N-dealkylation sites (N-methyl/N-ethyl adjacent to an activating group) is 2. The van der Waals surface area contributed by atoms with Crippen LogP contribution in [-0.2, 0) is 37.9 Å². The lowest BCUT2D eigenvalue weighted by Gasteiger charge is -2.32. The SMILES string of the molecule is C.CC(C)n1nccc1B1OC(C)(C)C(C)(C)O1.CC(C)n1nccc1C1=C(CCl)CN(C)C1.CC(C)n1nccc1C1=C(CO)CNC1.CC(C)n1nccc1C1=C(COc2cccc(O)c2C=O)CN(C)C1.CCOC(=O)C1=C(c2ccnn2C(C)C)CN(C(=O)OC(C)(C)C)C1.CCOC(=O)C1CCCC1=O.O=Cc1c(O)cccc1O. The van der Waals surface area contributed by atoms with E-state index in [0.717, 1.165) is 85.1 Å². The highest BCUT2D eigenvalue weighted by Gasteiger charge is 2.53. The number of aldehydes is 2. The summed E-state index contributed by atoms with van der Waals surface area (Å²) in [4.78, 5) is 74.2. The summed E-state index contributed by atoms with van der Waals surface area (Å²) in [6, 6.07) is 20.4. The van der Waals surface area contributed by atoms with Crippen LogP contribution in [0, 0.1) is 5.92 Å². The zero-order valence-corrected chi connectivity index (χ0v) is 73.9. The van der Waals surface area contributed by atoms with Crippen LogP contribution in [0.3, 0.4) is 0 Å². The number of ketones is 1. The summed E-state index contributed by atoms with van der Waals surface area (Å²) in [5, 5.41) is 61.8. The standard InChI is InChI=1S/C19H23N3O3.C18H27N3O4.C12H21BN2O2.C12H18ClN3.C11H17N3O.C8H12O3.C7H6O3.CH4/c1-13(2)22-17(7-8-20-22)15-10-21(3)9-14(15)12-25-19-6-4-5-18(24)16(19)11-23;1-7-24-16(22)14-11-20(17(23)25-18(4,5)6)10-13(14)15-8-9-19-21(15)12(2)3;1-9(2)15-10(7-8-14-15)13-16-11(3,4)12(5,6)17-13;1-9(2)16-12(4-5-14-16)11-8-15(3)7-10(11)6-13;1-8(2)14-11(3-4-13-14)10-6-12-5-9(10)7-15;1-2-11-8(10)6-4-3-5-7(6)9;8-4-5-6(9)2-1-3-7(5)10;/h4-8,11,13,24H,9-10,12H2,1-3H3;8-9,12H,7,10-11H2,1-6H3;7-9H,1-6H3;4-5,9H,6-8H2,1-3H3;3-4,8,12,15H,5-7H2,1-2H3;6H,2-5H2,1H3;1-4,9-10H;1H4. The van der Waals surface area contributed by atoms with Gasteiger partial charge in [-0.3, -0.25) is 57.3 Å². The highest BCUT2D eigenvalue weighted by atomic mass is 35.5. The van der Waals surface area contributed by atoms with Crippen molar-refractivity contribution in [2.45, 2.75) is 205 Å². The number of carbonyl (C=O) groups excluding carboxylic acids is 6. The first-order valence-electron chi connectivity index (χ1n) is 40.6. The molecule has 32 heteroatoms. The van der Waals surface area contributed by atoms with Gasteiger partial charge in [0.05, 0.1) is 89.2 Å². The molecule has 5 aliphatic heterocycles. The fourth-order valence-corrected chi connectivity index (χ4v) is 14.1. The summed E-state index contributed by atoms with van der Waals surface area (Å²) in [6.45, 7) is 44.9. The summed E-state index contributed by atoms with van der Waals surface area (Å²) in [5.41, 5.74) is 12.7. The Labute approximate surface area is 712 Å². The van der Waals surface area contributed by atoms with Gasteiger partial charge >= 0.3 is 25.2 Å². The predicted octanol–water partition coefficient (Wildman–Crippen LogP) is 13.2. The predicted molar refractivity (Wildman–Crippen MR) is 466 cm³/mol. The monoisotopic (exact) mass is 1680 g/mol. The molecule has 1 saturated heterocycles. The molecule has 2 aromatic carbocycles. The number of hydrogen-bond acceptors (Lipinski definition) is 24. The number of rotatable bonds is 21. The Bertz CT molecular complexity index is 4670. The molecule has 656 valence electrons. The number of phenolic OH excluding ortho intramolecular Hbond substituents is 3. The Hall–Kier alpha value is -10.0. The number of alkyl halides is 1. The van der Waals surface area contributed by atoms with Crippen molar-refractivity contribution in [3.63, 3.8) is 0 Å². The summed E-state index contributed by atoms with van der Waals surface area (Å²) >= 11 is 6.00. The number of ether oxygens (including phenoxy) is 4. The van der Waals surface area contributed by atoms with Gasteiger partial charge < -0.3 is 54.0 Å². The first-order chi connectivity index (χ1) is 56.3. The molecule has 0 spiro atoms. The van der Waals surface area contributed by atoms with E-state index in [1.165, 1.54) is 57.2 Å². The minimum atomic E-state index is -0.594. The van der Waals surface area contributed by atoms with E-state index in [0.29, 0.717) is 80.5 Å². The van der Waals surface area contributed by atoms with Crippen molar-refractivity contribution >= 4 is 83.0 Å². The highest BCUT2D eigenvalue weighted by Crippen LogP contribution is 2.38. The number of phenols is 3. The number of carbonyl (C=O) groups is 6. The van der Waals surface area contributed by atoms with Gasteiger partial charge in [0.25, 0.3) is 0 Å². The molecule has 6 aliphatic rings. The maximum absolute atomic E-state index is 12.4. The number of halogens is 1. The molecule has 13 rings (SSSR count). The van der Waals surface area contributed by atoms with E-state index in [9.17, 15) is 39.0 Å². The lowest BCUT2D eigenvalue weighted by molar-refractivity contribution is -0.150. The van der Waals surface area contributed by atoms with Crippen LogP contribution in [0.1, 0.15) is 232 Å². The van der Waals surface area contributed by atoms with Crippen molar-refractivity contribution in [2.75, 3.05) is 98.8 Å². The second kappa shape index (κ2) is 45.0. The molecular formula is C88H128BClN14O16. The van der Waals surface area contributed by atoms with E-state index in [1.807, 2.05) is 96.2 Å². The number of hydrogen-bond donors (Lipinski definition) is 5. The highest BCUT2D eigenvalue weighted by molar-refractivity contribution is 6.61. The number of nitrogens with one attached hydrogen (secondary N) is 1. The third-order valence-electron chi connectivity index (χ3n) is 20.5. The largest absolute Gasteiger partial charge is 0.514 e. The Morgan fingerprint density at radius 3 is 1.47 bits per heavy atom. The number of aromatic hydroxyl groups is 3. The number of amides is 1. The number of aliphatic hydroxyl groups excluding tert-OH is 1. The molecule has 5 N–H and O–H groups in total. The van der Waals surface area contributed by atoms with Crippen molar-refractivity contribution in [1.29, 1.82) is 0 Å². The van der Waals surface area contributed by atoms with Crippen molar-refractivity contribution in [2.24, 2.45) is 5.92 Å². The molecule has 30 nitrogen and oxygen atoms in total. The molecule has 10 heterocycles.